The first-order chi connectivity index (χ1) is 19.1. The summed E-state index contributed by atoms with van der Waals surface area (Å²) in [5, 5.41) is 82.9. The molecule has 0 spiro atoms. The molecule has 0 aliphatic carbocycles. The third kappa shape index (κ3) is 4.09. The van der Waals surface area contributed by atoms with Gasteiger partial charge in [-0.2, -0.15) is 0 Å². The first-order valence-corrected chi connectivity index (χ1v) is 12.6. The van der Waals surface area contributed by atoms with Gasteiger partial charge in [0.2, 0.25) is 0 Å². The van der Waals surface area contributed by atoms with E-state index in [0.717, 1.165) is 0 Å². The molecule has 10 nitrogen and oxygen atoms in total. The Morgan fingerprint density at radius 1 is 0.600 bits per heavy atom. The highest BCUT2D eigenvalue weighted by molar-refractivity contribution is 5.85. The number of hydrogen-bond donors (Lipinski definition) is 8. The van der Waals surface area contributed by atoms with Gasteiger partial charge < -0.3 is 50.3 Å². The van der Waals surface area contributed by atoms with E-state index in [2.05, 4.69) is 0 Å². The Labute approximate surface area is 227 Å². The third-order valence-corrected chi connectivity index (χ3v) is 7.49. The van der Waals surface area contributed by atoms with E-state index < -0.39 is 18.3 Å². The molecule has 206 valence electrons. The van der Waals surface area contributed by atoms with Crippen molar-refractivity contribution < 1.29 is 50.3 Å². The summed E-state index contributed by atoms with van der Waals surface area (Å²) in [6, 6.07) is 12.9. The van der Waals surface area contributed by atoms with Gasteiger partial charge in [0, 0.05) is 29.2 Å². The summed E-state index contributed by atoms with van der Waals surface area (Å²) < 4.78 is 11.9. The average molecular weight is 547 g/mol. The summed E-state index contributed by atoms with van der Waals surface area (Å²) >= 11 is 0. The summed E-state index contributed by atoms with van der Waals surface area (Å²) in [4.78, 5) is 0. The topological polar surface area (TPSA) is 180 Å². The van der Waals surface area contributed by atoms with Gasteiger partial charge in [0.15, 0.2) is 23.0 Å². The third-order valence-electron chi connectivity index (χ3n) is 7.49. The fraction of sp³-hybridized carbons (Fsp3) is 0.200. The fourth-order valence-electron chi connectivity index (χ4n) is 5.41. The molecule has 40 heavy (non-hydrogen) atoms. The fourth-order valence-corrected chi connectivity index (χ4v) is 5.41. The number of aromatic hydroxyl groups is 7. The van der Waals surface area contributed by atoms with E-state index >= 15 is 0 Å². The Balaban J connectivity index is 1.32. The number of phenolic OH excluding ortho intramolecular Hbond substituents is 7. The van der Waals surface area contributed by atoms with E-state index in [0.29, 0.717) is 29.5 Å². The molecule has 0 bridgehead atoms. The minimum absolute atomic E-state index is 0.00319. The van der Waals surface area contributed by atoms with Crippen LogP contribution in [0.4, 0.5) is 0 Å². The Kier molecular flexibility index (Phi) is 5.92. The van der Waals surface area contributed by atoms with Crippen LogP contribution in [0.25, 0.3) is 11.1 Å². The lowest BCUT2D eigenvalue weighted by Crippen LogP contribution is -2.30. The molecule has 4 aromatic rings. The van der Waals surface area contributed by atoms with Crippen molar-refractivity contribution in [2.24, 2.45) is 0 Å². The van der Waals surface area contributed by atoms with Gasteiger partial charge in [-0.1, -0.05) is 12.1 Å². The number of fused-ring (bicyclic) bond motifs is 2. The zero-order valence-corrected chi connectivity index (χ0v) is 20.9. The quantitative estimate of drug-likeness (QED) is 0.172. The van der Waals surface area contributed by atoms with Crippen molar-refractivity contribution in [2.75, 3.05) is 0 Å². The van der Waals surface area contributed by atoms with Crippen LogP contribution in [0, 0.1) is 0 Å². The van der Waals surface area contributed by atoms with Crippen LogP contribution in [0.3, 0.4) is 0 Å². The molecule has 6 rings (SSSR count). The molecule has 2 aliphatic rings. The van der Waals surface area contributed by atoms with E-state index in [1.807, 2.05) is 0 Å². The van der Waals surface area contributed by atoms with E-state index in [-0.39, 0.29) is 74.9 Å². The van der Waals surface area contributed by atoms with E-state index in [4.69, 9.17) is 9.47 Å². The van der Waals surface area contributed by atoms with Crippen molar-refractivity contribution in [3.05, 3.63) is 76.9 Å². The Hall–Kier alpha value is -4.96. The summed E-state index contributed by atoms with van der Waals surface area (Å²) in [6.07, 6.45) is -1.65. The molecule has 10 heteroatoms. The number of ether oxygens (including phenoxy) is 2. The lowest BCUT2D eigenvalue weighted by atomic mass is 9.89. The number of aliphatic hydroxyl groups excluding tert-OH is 1. The molecule has 0 amide bonds. The van der Waals surface area contributed by atoms with Crippen LogP contribution in [0.2, 0.25) is 0 Å². The number of hydrogen-bond acceptors (Lipinski definition) is 10. The average Bonchev–Trinajstić information content (AvgIpc) is 2.93. The molecular formula is C30H26O10. The SMILES string of the molecule is Oc1ccc([C@@H]2CCc3c(cc(O)c(-c4ccc5c(c4O)CC(O)[C@@H](c4ccc(O)c(O)c4)O5)c3O)O2)cc1O. The molecular weight excluding hydrogens is 520 g/mol. The maximum Gasteiger partial charge on any atom is 0.157 e. The first-order valence-electron chi connectivity index (χ1n) is 12.6. The molecule has 2 heterocycles. The number of aliphatic hydroxyl groups is 1. The standard InChI is InChI=1S/C30H26O10/c31-18-5-1-13(9-20(18)33)24-7-3-15-26(39-24)12-22(35)27(29(15)38)16-4-8-25-17(28(16)37)11-23(36)30(40-25)14-2-6-19(32)21(34)10-14/h1-2,4-6,8-10,12,23-24,30-38H,3,7,11H2/t23?,24-,30+/m0/s1. The summed E-state index contributed by atoms with van der Waals surface area (Å²) in [6.45, 7) is 0. The van der Waals surface area contributed by atoms with Crippen LogP contribution < -0.4 is 9.47 Å². The smallest absolute Gasteiger partial charge is 0.157 e. The van der Waals surface area contributed by atoms with E-state index in [1.54, 1.807) is 12.1 Å². The molecule has 0 saturated carbocycles. The molecule has 0 aromatic heterocycles. The van der Waals surface area contributed by atoms with Crippen LogP contribution in [0.5, 0.6) is 51.7 Å². The van der Waals surface area contributed by atoms with Crippen LogP contribution in [0.15, 0.2) is 54.6 Å². The molecule has 1 unspecified atom stereocenters. The predicted molar refractivity (Wildman–Crippen MR) is 141 cm³/mol. The molecule has 4 aromatic carbocycles. The Morgan fingerprint density at radius 2 is 1.27 bits per heavy atom. The monoisotopic (exact) mass is 546 g/mol. The lowest BCUT2D eigenvalue weighted by Gasteiger charge is -2.32. The Morgan fingerprint density at radius 3 is 1.98 bits per heavy atom. The van der Waals surface area contributed by atoms with Gasteiger partial charge >= 0.3 is 0 Å². The van der Waals surface area contributed by atoms with Crippen LogP contribution >= 0.6 is 0 Å². The first kappa shape index (κ1) is 25.3. The Bertz CT molecular complexity index is 1650. The predicted octanol–water partition coefficient (Wildman–Crippen LogP) is 4.40. The molecule has 2 aliphatic heterocycles. The number of rotatable bonds is 3. The van der Waals surface area contributed by atoms with Crippen molar-refractivity contribution >= 4 is 0 Å². The maximum atomic E-state index is 11.2. The second kappa shape index (κ2) is 9.35. The van der Waals surface area contributed by atoms with E-state index in [1.165, 1.54) is 42.5 Å². The molecule has 0 saturated heterocycles. The van der Waals surface area contributed by atoms with E-state index in [9.17, 15) is 40.9 Å². The highest BCUT2D eigenvalue weighted by Gasteiger charge is 2.34. The highest BCUT2D eigenvalue weighted by atomic mass is 16.5. The highest BCUT2D eigenvalue weighted by Crippen LogP contribution is 2.53. The lowest BCUT2D eigenvalue weighted by molar-refractivity contribution is 0.0199. The van der Waals surface area contributed by atoms with Gasteiger partial charge in [0.05, 0.1) is 11.7 Å². The molecule has 0 fully saturated rings. The van der Waals surface area contributed by atoms with Crippen LogP contribution in [-0.4, -0.2) is 47.0 Å². The zero-order chi connectivity index (χ0) is 28.3. The molecule has 8 N–H and O–H groups in total. The largest absolute Gasteiger partial charge is 0.507 e. The second-order valence-corrected chi connectivity index (χ2v) is 9.99. The summed E-state index contributed by atoms with van der Waals surface area (Å²) in [7, 11) is 0. The molecule has 0 radical (unpaired) electrons. The van der Waals surface area contributed by atoms with Crippen LogP contribution in [0.1, 0.15) is 40.9 Å². The maximum absolute atomic E-state index is 11.2. The second-order valence-electron chi connectivity index (χ2n) is 9.99. The van der Waals surface area contributed by atoms with Crippen molar-refractivity contribution in [2.45, 2.75) is 37.6 Å². The van der Waals surface area contributed by atoms with Crippen LogP contribution in [-0.2, 0) is 12.8 Å². The van der Waals surface area contributed by atoms with Crippen molar-refractivity contribution in [3.8, 4) is 62.9 Å². The van der Waals surface area contributed by atoms with Gasteiger partial charge in [-0.05, 0) is 60.4 Å². The van der Waals surface area contributed by atoms with Crippen molar-refractivity contribution in [3.63, 3.8) is 0 Å². The minimum atomic E-state index is -1.10. The van der Waals surface area contributed by atoms with Gasteiger partial charge in [-0.3, -0.25) is 0 Å². The number of phenols is 7. The summed E-state index contributed by atoms with van der Waals surface area (Å²) in [5.41, 5.74) is 1.91. The number of benzene rings is 4. The normalized spacial score (nSPS) is 19.7. The summed E-state index contributed by atoms with van der Waals surface area (Å²) in [5.74, 6) is -1.53. The van der Waals surface area contributed by atoms with Gasteiger partial charge in [0.1, 0.15) is 41.0 Å². The van der Waals surface area contributed by atoms with Crippen molar-refractivity contribution in [1.29, 1.82) is 0 Å². The van der Waals surface area contributed by atoms with Gasteiger partial charge in [-0.15, -0.1) is 0 Å². The van der Waals surface area contributed by atoms with Gasteiger partial charge in [0.25, 0.3) is 0 Å². The molecule has 3 atom stereocenters. The minimum Gasteiger partial charge on any atom is -0.507 e. The van der Waals surface area contributed by atoms with Gasteiger partial charge in [-0.25, -0.2) is 0 Å². The van der Waals surface area contributed by atoms with Crippen molar-refractivity contribution in [1.82, 2.24) is 0 Å². The zero-order valence-electron chi connectivity index (χ0n) is 20.9.